The number of benzene rings is 2. The van der Waals surface area contributed by atoms with Crippen LogP contribution in [0, 0.1) is 6.92 Å². The molecule has 3 aromatic rings. The van der Waals surface area contributed by atoms with Gasteiger partial charge in [-0.2, -0.15) is 0 Å². The van der Waals surface area contributed by atoms with Crippen LogP contribution in [0.25, 0.3) is 0 Å². The van der Waals surface area contributed by atoms with E-state index in [0.717, 1.165) is 5.56 Å². The Morgan fingerprint density at radius 2 is 1.82 bits per heavy atom. The maximum absolute atomic E-state index is 13.1. The molecule has 0 saturated heterocycles. The normalized spacial score (nSPS) is 12.6. The zero-order chi connectivity index (χ0) is 27.9. The molecule has 0 fully saturated rings. The van der Waals surface area contributed by atoms with E-state index in [9.17, 15) is 14.7 Å². The molecular weight excluding hydrogens is 506 g/mol. The summed E-state index contributed by atoms with van der Waals surface area (Å²) in [6.07, 6.45) is 0.427. The van der Waals surface area contributed by atoms with E-state index in [0.29, 0.717) is 60.5 Å². The zero-order valence-electron chi connectivity index (χ0n) is 22.5. The number of nitrogens with one attached hydrogen (secondary N) is 1. The van der Waals surface area contributed by atoms with Crippen LogP contribution in [-0.2, 0) is 11.2 Å². The van der Waals surface area contributed by atoms with Gasteiger partial charge in [-0.1, -0.05) is 6.07 Å². The Bertz CT molecular complexity index is 1380. The van der Waals surface area contributed by atoms with Crippen molar-refractivity contribution < 1.29 is 38.0 Å². The van der Waals surface area contributed by atoms with E-state index in [1.165, 1.54) is 13.2 Å². The van der Waals surface area contributed by atoms with Gasteiger partial charge >= 0.3 is 5.63 Å². The molecule has 39 heavy (non-hydrogen) atoms. The fourth-order valence-electron chi connectivity index (χ4n) is 4.52. The van der Waals surface area contributed by atoms with E-state index in [4.69, 9.17) is 28.1 Å². The molecule has 0 radical (unpaired) electrons. The first-order chi connectivity index (χ1) is 18.8. The number of hydrogen-bond donors (Lipinski definition) is 2. The molecule has 10 nitrogen and oxygen atoms in total. The second-order valence-corrected chi connectivity index (χ2v) is 8.90. The van der Waals surface area contributed by atoms with Crippen LogP contribution < -0.4 is 34.6 Å². The second kappa shape index (κ2) is 12.5. The van der Waals surface area contributed by atoms with Crippen LogP contribution in [0.4, 0.5) is 0 Å². The number of methoxy groups -OCH3 is 1. The minimum Gasteiger partial charge on any atom is -0.507 e. The lowest BCUT2D eigenvalue weighted by Gasteiger charge is -2.19. The van der Waals surface area contributed by atoms with Crippen molar-refractivity contribution in [3.05, 3.63) is 69.3 Å². The van der Waals surface area contributed by atoms with E-state index in [1.54, 1.807) is 19.1 Å². The summed E-state index contributed by atoms with van der Waals surface area (Å²) in [4.78, 5) is 26.0. The van der Waals surface area contributed by atoms with Gasteiger partial charge < -0.3 is 38.5 Å². The third-order valence-corrected chi connectivity index (χ3v) is 6.25. The van der Waals surface area contributed by atoms with E-state index in [-0.39, 0.29) is 36.2 Å². The highest BCUT2D eigenvalue weighted by atomic mass is 16.7. The average molecular weight is 540 g/mol. The molecule has 4 rings (SSSR count). The number of carbonyl (C=O) groups excluding carboxylic acids is 1. The van der Waals surface area contributed by atoms with Crippen LogP contribution in [0.5, 0.6) is 34.5 Å². The smallest absolute Gasteiger partial charge is 0.343 e. The topological polar surface area (TPSA) is 126 Å². The van der Waals surface area contributed by atoms with Crippen molar-refractivity contribution in [2.24, 2.45) is 0 Å². The van der Waals surface area contributed by atoms with Crippen LogP contribution in [0.3, 0.4) is 0 Å². The predicted molar refractivity (Wildman–Crippen MR) is 142 cm³/mol. The summed E-state index contributed by atoms with van der Waals surface area (Å²) < 4.78 is 33.0. The SMILES string of the molecule is CCOc1ccc(CCNC(=O)C[C@H](c2cc(OC)c3c(c2)OCO3)c2c(O)cc(C)oc2=O)cc1OCC. The quantitative estimate of drug-likeness (QED) is 0.350. The number of fused-ring (bicyclic) bond motifs is 1. The lowest BCUT2D eigenvalue weighted by molar-refractivity contribution is -0.121. The summed E-state index contributed by atoms with van der Waals surface area (Å²) in [5.74, 6) is 1.44. The van der Waals surface area contributed by atoms with Gasteiger partial charge in [0.25, 0.3) is 0 Å². The first-order valence-corrected chi connectivity index (χ1v) is 12.8. The van der Waals surface area contributed by atoms with Gasteiger partial charge in [0.2, 0.25) is 18.4 Å². The Labute approximate surface area is 226 Å². The van der Waals surface area contributed by atoms with Gasteiger partial charge in [0.1, 0.15) is 11.5 Å². The van der Waals surface area contributed by atoms with Crippen molar-refractivity contribution >= 4 is 5.91 Å². The Kier molecular flexibility index (Phi) is 8.85. The number of hydrogen-bond acceptors (Lipinski definition) is 9. The third-order valence-electron chi connectivity index (χ3n) is 6.25. The molecule has 0 unspecified atom stereocenters. The number of ether oxygens (including phenoxy) is 5. The van der Waals surface area contributed by atoms with Gasteiger partial charge in [-0.05, 0) is 62.6 Å². The van der Waals surface area contributed by atoms with Gasteiger partial charge in [0.05, 0.1) is 25.9 Å². The molecule has 1 aromatic heterocycles. The Hall–Kier alpha value is -4.34. The monoisotopic (exact) mass is 539 g/mol. The van der Waals surface area contributed by atoms with Crippen molar-refractivity contribution in [1.29, 1.82) is 0 Å². The second-order valence-electron chi connectivity index (χ2n) is 8.90. The first kappa shape index (κ1) is 27.7. The van der Waals surface area contributed by atoms with Crippen molar-refractivity contribution in [1.82, 2.24) is 5.32 Å². The summed E-state index contributed by atoms with van der Waals surface area (Å²) in [6, 6.07) is 10.4. The highest BCUT2D eigenvalue weighted by Crippen LogP contribution is 2.45. The number of amides is 1. The van der Waals surface area contributed by atoms with Crippen LogP contribution in [-0.4, -0.2) is 44.7 Å². The number of rotatable bonds is 12. The third kappa shape index (κ3) is 6.39. The van der Waals surface area contributed by atoms with Crippen molar-refractivity contribution in [3.63, 3.8) is 0 Å². The van der Waals surface area contributed by atoms with Crippen LogP contribution in [0.2, 0.25) is 0 Å². The predicted octanol–water partition coefficient (Wildman–Crippen LogP) is 4.07. The number of aryl methyl sites for hydroxylation is 1. The van der Waals surface area contributed by atoms with Gasteiger partial charge in [0, 0.05) is 24.9 Å². The summed E-state index contributed by atoms with van der Waals surface area (Å²) in [7, 11) is 1.48. The molecule has 1 atom stereocenters. The molecular formula is C29H33NO9. The summed E-state index contributed by atoms with van der Waals surface area (Å²) >= 11 is 0. The Morgan fingerprint density at radius 1 is 1.05 bits per heavy atom. The van der Waals surface area contributed by atoms with Crippen molar-refractivity contribution in [2.45, 2.75) is 39.5 Å². The molecule has 10 heteroatoms. The number of carbonyl (C=O) groups is 1. The Balaban J connectivity index is 1.54. The first-order valence-electron chi connectivity index (χ1n) is 12.8. The molecule has 0 saturated carbocycles. The minimum absolute atomic E-state index is 0.0226. The van der Waals surface area contributed by atoms with E-state index < -0.39 is 11.5 Å². The maximum atomic E-state index is 13.1. The molecule has 208 valence electrons. The van der Waals surface area contributed by atoms with Crippen LogP contribution >= 0.6 is 0 Å². The fraction of sp³-hybridized carbons (Fsp3) is 0.379. The molecule has 2 aromatic carbocycles. The highest BCUT2D eigenvalue weighted by molar-refractivity contribution is 5.78. The summed E-state index contributed by atoms with van der Waals surface area (Å²) in [6.45, 7) is 6.79. The Morgan fingerprint density at radius 3 is 2.54 bits per heavy atom. The van der Waals surface area contributed by atoms with E-state index in [2.05, 4.69) is 5.32 Å². The van der Waals surface area contributed by atoms with E-state index >= 15 is 0 Å². The zero-order valence-corrected chi connectivity index (χ0v) is 22.5. The van der Waals surface area contributed by atoms with Crippen molar-refractivity contribution in [2.75, 3.05) is 33.7 Å². The molecule has 0 bridgehead atoms. The highest BCUT2D eigenvalue weighted by Gasteiger charge is 2.29. The molecule has 1 amide bonds. The van der Waals surface area contributed by atoms with E-state index in [1.807, 2.05) is 32.0 Å². The fourth-order valence-corrected chi connectivity index (χ4v) is 4.52. The standard InChI is InChI=1S/C29H33NO9/c1-5-35-22-8-7-18(12-23(22)36-6-2)9-10-30-26(32)15-20(27-21(31)11-17(3)39-29(27)33)19-13-24(34-4)28-25(14-19)37-16-38-28/h7-8,11-14,20,31H,5-6,9-10,15-16H2,1-4H3,(H,30,32)/t20-/m1/s1. The molecule has 2 heterocycles. The van der Waals surface area contributed by atoms with Crippen LogP contribution in [0.1, 0.15) is 48.6 Å². The van der Waals surface area contributed by atoms with Gasteiger partial charge in [-0.3, -0.25) is 4.79 Å². The molecule has 2 N–H and O–H groups in total. The lowest BCUT2D eigenvalue weighted by atomic mass is 9.88. The van der Waals surface area contributed by atoms with Gasteiger partial charge in [0.15, 0.2) is 23.0 Å². The van der Waals surface area contributed by atoms with Crippen LogP contribution in [0.15, 0.2) is 45.6 Å². The molecule has 1 aliphatic heterocycles. The van der Waals surface area contributed by atoms with Crippen molar-refractivity contribution in [3.8, 4) is 34.5 Å². The average Bonchev–Trinajstić information content (AvgIpc) is 3.37. The molecule has 1 aliphatic rings. The summed E-state index contributed by atoms with van der Waals surface area (Å²) in [5, 5.41) is 13.6. The minimum atomic E-state index is -0.833. The summed E-state index contributed by atoms with van der Waals surface area (Å²) in [5.41, 5.74) is 0.756. The van der Waals surface area contributed by atoms with Gasteiger partial charge in [-0.25, -0.2) is 4.79 Å². The lowest BCUT2D eigenvalue weighted by Crippen LogP contribution is -2.28. The largest absolute Gasteiger partial charge is 0.507 e. The molecule has 0 aliphatic carbocycles. The molecule has 0 spiro atoms. The number of aromatic hydroxyl groups is 1. The maximum Gasteiger partial charge on any atom is 0.343 e. The van der Waals surface area contributed by atoms with Gasteiger partial charge in [-0.15, -0.1) is 0 Å².